The van der Waals surface area contributed by atoms with Crippen LogP contribution in [-0.4, -0.2) is 26.4 Å². The molecule has 8 heteroatoms. The third-order valence-electron chi connectivity index (χ3n) is 9.83. The third-order valence-corrected chi connectivity index (χ3v) is 9.83. The maximum Gasteiger partial charge on any atom is 0.169 e. The van der Waals surface area contributed by atoms with Crippen LogP contribution in [0.1, 0.15) is 11.1 Å². The minimum atomic E-state index is 0.202. The summed E-state index contributed by atoms with van der Waals surface area (Å²) in [7, 11) is 0. The molecule has 8 nitrogen and oxygen atoms in total. The molecule has 0 atom stereocenters. The van der Waals surface area contributed by atoms with Gasteiger partial charge in [0.15, 0.2) is 23.0 Å². The summed E-state index contributed by atoms with van der Waals surface area (Å²) in [5, 5.41) is 13.0. The largest absolute Gasteiger partial charge is 0.488 e. The van der Waals surface area contributed by atoms with Crippen molar-refractivity contribution >= 4 is 32.9 Å². The van der Waals surface area contributed by atoms with Gasteiger partial charge in [0.05, 0.1) is 0 Å². The van der Waals surface area contributed by atoms with Crippen LogP contribution in [0.3, 0.4) is 0 Å². The van der Waals surface area contributed by atoms with Crippen LogP contribution in [0.2, 0.25) is 0 Å². The van der Waals surface area contributed by atoms with Gasteiger partial charge in [-0.25, -0.2) is 0 Å². The van der Waals surface area contributed by atoms with Crippen molar-refractivity contribution in [2.45, 2.75) is 13.2 Å². The maximum atomic E-state index is 6.87. The molecule has 8 aromatic rings. The monoisotopic (exact) mass is 764 g/mol. The number of ether oxygens (including phenoxy) is 6. The quantitative estimate of drug-likeness (QED) is 0.168. The Kier molecular flexibility index (Phi) is 10.8. The number of hydrogen-bond donors (Lipinski definition) is 0. The minimum Gasteiger partial charge on any atom is -0.488 e. The van der Waals surface area contributed by atoms with Gasteiger partial charge < -0.3 is 28.4 Å². The minimum absolute atomic E-state index is 0.202. The van der Waals surface area contributed by atoms with E-state index in [4.69, 9.17) is 28.4 Å². The number of nitrogens with zero attached hydrogens (tertiary/aromatic N) is 2. The van der Waals surface area contributed by atoms with E-state index in [-0.39, 0.29) is 26.4 Å². The fourth-order valence-corrected chi connectivity index (χ4v) is 7.10. The van der Waals surface area contributed by atoms with Gasteiger partial charge in [0.1, 0.15) is 62.5 Å². The molecule has 1 aliphatic heterocycles. The molecule has 0 aliphatic carbocycles. The topological polar surface area (TPSA) is 80.1 Å². The van der Waals surface area contributed by atoms with Crippen LogP contribution in [0, 0.1) is 0 Å². The summed E-state index contributed by atoms with van der Waals surface area (Å²) in [6, 6.07) is 56.0. The maximum absolute atomic E-state index is 6.87. The molecule has 0 saturated heterocycles. The molecule has 1 heterocycles. The Labute approximate surface area is 336 Å². The molecule has 0 fully saturated rings. The van der Waals surface area contributed by atoms with Crippen molar-refractivity contribution < 1.29 is 28.4 Å². The highest BCUT2D eigenvalue weighted by atomic mass is 16.6. The van der Waals surface area contributed by atoms with E-state index in [1.807, 2.05) is 146 Å². The van der Waals surface area contributed by atoms with E-state index in [9.17, 15) is 0 Å². The lowest BCUT2D eigenvalue weighted by molar-refractivity contribution is 0.204. The van der Waals surface area contributed by atoms with Crippen LogP contribution in [0.4, 0.5) is 11.4 Å². The van der Waals surface area contributed by atoms with Crippen molar-refractivity contribution in [1.82, 2.24) is 0 Å². The lowest BCUT2D eigenvalue weighted by Gasteiger charge is -2.24. The van der Waals surface area contributed by atoms with Crippen molar-refractivity contribution in [3.8, 4) is 45.6 Å². The number of azo groups is 1. The summed E-state index contributed by atoms with van der Waals surface area (Å²) >= 11 is 0. The first-order valence-corrected chi connectivity index (χ1v) is 19.3. The highest BCUT2D eigenvalue weighted by molar-refractivity contribution is 6.11. The molecular weight excluding hydrogens is 725 g/mol. The molecule has 0 radical (unpaired) electrons. The Balaban J connectivity index is 1.24. The lowest BCUT2D eigenvalue weighted by atomic mass is 9.91. The first-order chi connectivity index (χ1) is 28.8. The summed E-state index contributed by atoms with van der Waals surface area (Å²) in [5.41, 5.74) is 4.88. The Morgan fingerprint density at radius 2 is 0.776 bits per heavy atom. The summed E-state index contributed by atoms with van der Waals surface area (Å²) in [6.45, 7) is 1.53. The second kappa shape index (κ2) is 17.2. The molecule has 8 aromatic carbocycles. The van der Waals surface area contributed by atoms with E-state index in [0.717, 1.165) is 43.8 Å². The zero-order valence-corrected chi connectivity index (χ0v) is 31.8. The molecule has 0 aromatic heterocycles. The summed E-state index contributed by atoms with van der Waals surface area (Å²) in [5.74, 6) is 3.47. The van der Waals surface area contributed by atoms with Crippen molar-refractivity contribution in [1.29, 1.82) is 0 Å². The van der Waals surface area contributed by atoms with Crippen LogP contribution in [-0.2, 0) is 13.2 Å². The molecule has 0 N–H and O–H groups in total. The molecule has 0 unspecified atom stereocenters. The Morgan fingerprint density at radius 3 is 1.24 bits per heavy atom. The average Bonchev–Trinajstić information content (AvgIpc) is 3.28. The second-order valence-corrected chi connectivity index (χ2v) is 13.7. The Morgan fingerprint density at radius 1 is 0.397 bits per heavy atom. The average molecular weight is 765 g/mol. The molecular formula is C50H40N2O6. The fraction of sp³-hybridized carbons (Fsp3) is 0.120. The normalized spacial score (nSPS) is 12.8. The third kappa shape index (κ3) is 7.99. The SMILES string of the molecule is c1ccc(COc2cc3ccccc3c3c2OCCOc2ccccc2N=Nc2ccccc2OCCOc2c(OCc4ccccc4)cc4ccccc4c2-3)cc1. The fourth-order valence-electron chi connectivity index (χ4n) is 7.10. The van der Waals surface area contributed by atoms with E-state index in [2.05, 4.69) is 34.5 Å². The first-order valence-electron chi connectivity index (χ1n) is 19.3. The van der Waals surface area contributed by atoms with Crippen LogP contribution < -0.4 is 28.4 Å². The standard InChI is InChI=1S/C50H40N2O6/c1-3-15-35(16-4-1)33-57-45-31-37-19-7-9-21-39(37)47-48-40-22-10-8-20-38(40)32-46(58-34-36-17-5-2-6-18-36)50(48)56-30-28-54-44-26-14-12-24-42(44)52-51-41-23-11-13-25-43(41)53-27-29-55-49(45)47/h1-26,31-32H,27-30,33-34H2. The van der Waals surface area contributed by atoms with E-state index < -0.39 is 0 Å². The predicted octanol–water partition coefficient (Wildman–Crippen LogP) is 12.5. The first kappa shape index (κ1) is 36.3. The molecule has 0 amide bonds. The van der Waals surface area contributed by atoms with E-state index in [0.29, 0.717) is 59.1 Å². The number of para-hydroxylation sites is 2. The van der Waals surface area contributed by atoms with Crippen LogP contribution >= 0.6 is 0 Å². The van der Waals surface area contributed by atoms with Crippen molar-refractivity contribution in [3.63, 3.8) is 0 Å². The number of rotatable bonds is 6. The van der Waals surface area contributed by atoms with Crippen LogP contribution in [0.5, 0.6) is 34.5 Å². The molecule has 0 bridgehead atoms. The van der Waals surface area contributed by atoms with Gasteiger partial charge in [-0.3, -0.25) is 0 Å². The zero-order chi connectivity index (χ0) is 38.9. The summed E-state index contributed by atoms with van der Waals surface area (Å²) in [6.07, 6.45) is 0. The molecule has 0 spiro atoms. The van der Waals surface area contributed by atoms with Crippen LogP contribution in [0.25, 0.3) is 32.7 Å². The highest BCUT2D eigenvalue weighted by Gasteiger charge is 2.26. The van der Waals surface area contributed by atoms with Gasteiger partial charge in [0.25, 0.3) is 0 Å². The Bertz CT molecular complexity index is 2510. The molecule has 0 saturated carbocycles. The van der Waals surface area contributed by atoms with E-state index >= 15 is 0 Å². The van der Waals surface area contributed by atoms with Gasteiger partial charge in [0.2, 0.25) is 0 Å². The van der Waals surface area contributed by atoms with Gasteiger partial charge in [-0.15, -0.1) is 10.2 Å². The Hall–Kier alpha value is -7.32. The van der Waals surface area contributed by atoms with Gasteiger partial charge in [0, 0.05) is 11.1 Å². The predicted molar refractivity (Wildman–Crippen MR) is 227 cm³/mol. The van der Waals surface area contributed by atoms with Gasteiger partial charge >= 0.3 is 0 Å². The van der Waals surface area contributed by atoms with Crippen LogP contribution in [0.15, 0.2) is 180 Å². The van der Waals surface area contributed by atoms with Crippen molar-refractivity contribution in [2.24, 2.45) is 10.2 Å². The molecule has 9 rings (SSSR count). The summed E-state index contributed by atoms with van der Waals surface area (Å²) < 4.78 is 39.8. The second-order valence-electron chi connectivity index (χ2n) is 13.7. The number of fused-ring (bicyclic) bond motifs is 9. The van der Waals surface area contributed by atoms with E-state index in [1.165, 1.54) is 0 Å². The van der Waals surface area contributed by atoms with Crippen molar-refractivity contribution in [3.05, 3.63) is 181 Å². The van der Waals surface area contributed by atoms with Gasteiger partial charge in [-0.2, -0.15) is 0 Å². The number of benzene rings is 8. The molecule has 58 heavy (non-hydrogen) atoms. The van der Waals surface area contributed by atoms with Gasteiger partial charge in [-0.05, 0) is 69.1 Å². The zero-order valence-electron chi connectivity index (χ0n) is 31.8. The lowest BCUT2D eigenvalue weighted by Crippen LogP contribution is -2.13. The number of hydrogen-bond acceptors (Lipinski definition) is 8. The summed E-state index contributed by atoms with van der Waals surface area (Å²) in [4.78, 5) is 0. The van der Waals surface area contributed by atoms with Crippen molar-refractivity contribution in [2.75, 3.05) is 26.4 Å². The smallest absolute Gasteiger partial charge is 0.169 e. The molecule has 286 valence electrons. The van der Waals surface area contributed by atoms with Gasteiger partial charge in [-0.1, -0.05) is 133 Å². The highest BCUT2D eigenvalue weighted by Crippen LogP contribution is 2.52. The van der Waals surface area contributed by atoms with E-state index in [1.54, 1.807) is 0 Å². The molecule has 1 aliphatic rings.